The minimum atomic E-state index is -0.175. The molecular formula is C26H31N5O. The summed E-state index contributed by atoms with van der Waals surface area (Å²) >= 11 is 0. The molecule has 0 unspecified atom stereocenters. The van der Waals surface area contributed by atoms with E-state index in [0.29, 0.717) is 43.9 Å². The van der Waals surface area contributed by atoms with E-state index in [1.807, 2.05) is 23.1 Å². The first-order valence-electron chi connectivity index (χ1n) is 11.8. The van der Waals surface area contributed by atoms with Gasteiger partial charge in [-0.25, -0.2) is 0 Å². The molecule has 0 bridgehead atoms. The molecule has 1 aromatic carbocycles. The quantitative estimate of drug-likeness (QED) is 0.733. The van der Waals surface area contributed by atoms with Crippen LogP contribution in [0.4, 0.5) is 0 Å². The Morgan fingerprint density at radius 1 is 1.12 bits per heavy atom. The lowest BCUT2D eigenvalue weighted by atomic mass is 9.82. The van der Waals surface area contributed by atoms with Crippen molar-refractivity contribution in [3.8, 4) is 6.07 Å². The predicted octanol–water partition coefficient (Wildman–Crippen LogP) is 2.73. The molecule has 2 aromatic rings. The number of nitrogens with zero attached hydrogens (tertiary/aromatic N) is 4. The van der Waals surface area contributed by atoms with Crippen molar-refractivity contribution in [2.24, 2.45) is 0 Å². The molecule has 5 rings (SSSR count). The highest BCUT2D eigenvalue weighted by atomic mass is 16.2. The first-order valence-corrected chi connectivity index (χ1v) is 11.8. The predicted molar refractivity (Wildman–Crippen MR) is 123 cm³/mol. The highest BCUT2D eigenvalue weighted by Crippen LogP contribution is 2.41. The van der Waals surface area contributed by atoms with E-state index in [4.69, 9.17) is 0 Å². The maximum atomic E-state index is 12.7. The van der Waals surface area contributed by atoms with Crippen molar-refractivity contribution >= 4 is 5.91 Å². The summed E-state index contributed by atoms with van der Waals surface area (Å²) in [5.41, 5.74) is 2.07. The van der Waals surface area contributed by atoms with Gasteiger partial charge in [-0.3, -0.25) is 14.7 Å². The number of aromatic nitrogens is 1. The lowest BCUT2D eigenvalue weighted by Gasteiger charge is -2.56. The lowest BCUT2D eigenvalue weighted by Crippen LogP contribution is -2.72. The van der Waals surface area contributed by atoms with Gasteiger partial charge in [-0.15, -0.1) is 0 Å². The van der Waals surface area contributed by atoms with Gasteiger partial charge in [0.15, 0.2) is 0 Å². The molecule has 2 saturated heterocycles. The lowest BCUT2D eigenvalue weighted by molar-refractivity contribution is -0.146. The fourth-order valence-corrected chi connectivity index (χ4v) is 5.45. The number of likely N-dealkylation sites (tertiary alicyclic amines) is 2. The average Bonchev–Trinajstić information content (AvgIpc) is 3.57. The zero-order valence-electron chi connectivity index (χ0n) is 18.5. The Morgan fingerprint density at radius 2 is 1.88 bits per heavy atom. The molecule has 2 aliphatic heterocycles. The number of carbonyl (C=O) groups excluding carboxylic acids is 1. The van der Waals surface area contributed by atoms with E-state index in [9.17, 15) is 10.1 Å². The number of benzene rings is 1. The first-order chi connectivity index (χ1) is 15.7. The van der Waals surface area contributed by atoms with Crippen LogP contribution < -0.4 is 5.32 Å². The van der Waals surface area contributed by atoms with Gasteiger partial charge in [-0.1, -0.05) is 36.4 Å². The summed E-state index contributed by atoms with van der Waals surface area (Å²) in [6, 6.07) is 20.0. The Labute approximate surface area is 190 Å². The maximum absolute atomic E-state index is 12.7. The fraction of sp³-hybridized carbons (Fsp3) is 0.500. The second-order valence-corrected chi connectivity index (χ2v) is 9.59. The first kappa shape index (κ1) is 21.1. The normalized spacial score (nSPS) is 25.0. The molecule has 166 valence electrons. The van der Waals surface area contributed by atoms with Gasteiger partial charge in [0.25, 0.3) is 0 Å². The monoisotopic (exact) mass is 429 g/mol. The molecule has 32 heavy (non-hydrogen) atoms. The molecule has 1 N–H and O–H groups in total. The largest absolute Gasteiger partial charge is 0.338 e. The van der Waals surface area contributed by atoms with Gasteiger partial charge in [0.1, 0.15) is 0 Å². The molecule has 6 nitrogen and oxygen atoms in total. The van der Waals surface area contributed by atoms with Crippen LogP contribution in [0.1, 0.15) is 42.9 Å². The third kappa shape index (κ3) is 4.41. The SMILES string of the molecule is N#CCC1(N2CCC(N[C@@H]3C[C@H]3c3ccccc3)CC2)CN(C(=O)Cc2ccccn2)C1. The van der Waals surface area contributed by atoms with Crippen molar-refractivity contribution < 1.29 is 4.79 Å². The van der Waals surface area contributed by atoms with Crippen molar-refractivity contribution in [3.05, 3.63) is 66.0 Å². The van der Waals surface area contributed by atoms with E-state index in [1.54, 1.807) is 6.20 Å². The third-order valence-corrected chi connectivity index (χ3v) is 7.42. The molecule has 6 heteroatoms. The Balaban J connectivity index is 1.11. The van der Waals surface area contributed by atoms with Crippen molar-refractivity contribution in [2.75, 3.05) is 26.2 Å². The van der Waals surface area contributed by atoms with Crippen LogP contribution in [0.2, 0.25) is 0 Å². The summed E-state index contributed by atoms with van der Waals surface area (Å²) in [5.74, 6) is 0.763. The summed E-state index contributed by atoms with van der Waals surface area (Å²) in [4.78, 5) is 21.3. The number of carbonyl (C=O) groups is 1. The fourth-order valence-electron chi connectivity index (χ4n) is 5.45. The van der Waals surface area contributed by atoms with Crippen LogP contribution in [-0.2, 0) is 11.2 Å². The molecule has 3 heterocycles. The molecule has 3 fully saturated rings. The molecule has 0 spiro atoms. The van der Waals surface area contributed by atoms with Gasteiger partial charge in [0.2, 0.25) is 5.91 Å². The molecule has 0 radical (unpaired) electrons. The van der Waals surface area contributed by atoms with Gasteiger partial charge in [0, 0.05) is 56.1 Å². The minimum absolute atomic E-state index is 0.106. The Morgan fingerprint density at radius 3 is 2.56 bits per heavy atom. The second kappa shape index (κ2) is 9.01. The maximum Gasteiger partial charge on any atom is 0.228 e. The smallest absolute Gasteiger partial charge is 0.228 e. The van der Waals surface area contributed by atoms with E-state index in [-0.39, 0.29) is 11.4 Å². The summed E-state index contributed by atoms with van der Waals surface area (Å²) in [7, 11) is 0. The van der Waals surface area contributed by atoms with Crippen LogP contribution in [0.5, 0.6) is 0 Å². The minimum Gasteiger partial charge on any atom is -0.338 e. The van der Waals surface area contributed by atoms with Gasteiger partial charge in [-0.2, -0.15) is 5.26 Å². The standard InChI is InChI=1S/C26H31N5O/c27-12-11-26(18-30(19-26)25(32)16-22-8-4-5-13-28-22)31-14-9-21(10-15-31)29-24-17-23(24)20-6-2-1-3-7-20/h1-8,13,21,23-24,29H,9-11,14-19H2/t23-,24+/m0/s1. The van der Waals surface area contributed by atoms with Crippen molar-refractivity contribution in [1.82, 2.24) is 20.1 Å². The number of piperidine rings is 1. The van der Waals surface area contributed by atoms with Crippen LogP contribution in [0.15, 0.2) is 54.7 Å². The number of hydrogen-bond acceptors (Lipinski definition) is 5. The van der Waals surface area contributed by atoms with E-state index < -0.39 is 0 Å². The van der Waals surface area contributed by atoms with Gasteiger partial charge >= 0.3 is 0 Å². The summed E-state index contributed by atoms with van der Waals surface area (Å²) in [6.45, 7) is 3.29. The highest BCUT2D eigenvalue weighted by molar-refractivity contribution is 5.79. The molecule has 1 aliphatic carbocycles. The summed E-state index contributed by atoms with van der Waals surface area (Å²) < 4.78 is 0. The Bertz CT molecular complexity index is 959. The van der Waals surface area contributed by atoms with Gasteiger partial charge < -0.3 is 10.2 Å². The van der Waals surface area contributed by atoms with Crippen LogP contribution in [-0.4, -0.2) is 64.5 Å². The van der Waals surface area contributed by atoms with E-state index in [0.717, 1.165) is 31.6 Å². The van der Waals surface area contributed by atoms with E-state index in [1.165, 1.54) is 12.0 Å². The van der Waals surface area contributed by atoms with Crippen LogP contribution in [0.3, 0.4) is 0 Å². The Kier molecular flexibility index (Phi) is 5.95. The molecule has 3 aliphatic rings. The average molecular weight is 430 g/mol. The zero-order valence-corrected chi connectivity index (χ0v) is 18.5. The van der Waals surface area contributed by atoms with Crippen LogP contribution >= 0.6 is 0 Å². The number of rotatable bonds is 7. The van der Waals surface area contributed by atoms with Crippen molar-refractivity contribution in [1.29, 1.82) is 5.26 Å². The summed E-state index contributed by atoms with van der Waals surface area (Å²) in [6.07, 6.45) is 5.98. The number of hydrogen-bond donors (Lipinski definition) is 1. The topological polar surface area (TPSA) is 72.3 Å². The van der Waals surface area contributed by atoms with E-state index in [2.05, 4.69) is 51.6 Å². The third-order valence-electron chi connectivity index (χ3n) is 7.42. The summed E-state index contributed by atoms with van der Waals surface area (Å²) in [5, 5.41) is 13.3. The number of pyridine rings is 1. The molecule has 1 aromatic heterocycles. The molecule has 1 saturated carbocycles. The molecule has 1 amide bonds. The van der Waals surface area contributed by atoms with Crippen molar-refractivity contribution in [3.63, 3.8) is 0 Å². The van der Waals surface area contributed by atoms with Crippen LogP contribution in [0.25, 0.3) is 0 Å². The molecular weight excluding hydrogens is 398 g/mol. The highest BCUT2D eigenvalue weighted by Gasteiger charge is 2.50. The van der Waals surface area contributed by atoms with Crippen molar-refractivity contribution in [2.45, 2.75) is 55.6 Å². The van der Waals surface area contributed by atoms with E-state index >= 15 is 0 Å². The number of nitriles is 1. The number of amides is 1. The van der Waals surface area contributed by atoms with Crippen LogP contribution in [0, 0.1) is 11.3 Å². The number of nitrogens with one attached hydrogen (secondary N) is 1. The zero-order chi connectivity index (χ0) is 22.0. The van der Waals surface area contributed by atoms with Gasteiger partial charge in [0.05, 0.1) is 24.4 Å². The Hall–Kier alpha value is -2.75. The second-order valence-electron chi connectivity index (χ2n) is 9.59. The molecule has 2 atom stereocenters. The van der Waals surface area contributed by atoms with Gasteiger partial charge in [-0.05, 0) is 37.0 Å².